The van der Waals surface area contributed by atoms with Gasteiger partial charge in [0.2, 0.25) is 0 Å². The van der Waals surface area contributed by atoms with Crippen LogP contribution in [0, 0.1) is 3.57 Å². The van der Waals surface area contributed by atoms with E-state index in [4.69, 9.17) is 36.1 Å². The van der Waals surface area contributed by atoms with Crippen LogP contribution < -0.4 is 10.1 Å². The second-order valence-electron chi connectivity index (χ2n) is 6.01. The fraction of sp³-hybridized carbons (Fsp3) is 0.300. The summed E-state index contributed by atoms with van der Waals surface area (Å²) in [5, 5.41) is 19.2. The van der Waals surface area contributed by atoms with Gasteiger partial charge in [-0.1, -0.05) is 23.7 Å². The molecule has 0 amide bonds. The zero-order valence-electron chi connectivity index (χ0n) is 15.6. The van der Waals surface area contributed by atoms with Crippen LogP contribution in [0.25, 0.3) is 0 Å². The smallest absolute Gasteiger partial charge is 0.414 e. The molecule has 0 heterocycles. The van der Waals surface area contributed by atoms with Gasteiger partial charge < -0.3 is 20.3 Å². The van der Waals surface area contributed by atoms with E-state index in [2.05, 4.69) is 53.0 Å². The average Bonchev–Trinajstić information content (AvgIpc) is 2.64. The first kappa shape index (κ1) is 24.2. The zero-order chi connectivity index (χ0) is 21.1. The van der Waals surface area contributed by atoms with Gasteiger partial charge >= 0.3 is 11.9 Å². The van der Waals surface area contributed by atoms with Crippen LogP contribution in [0.4, 0.5) is 0 Å². The third-order valence-electron chi connectivity index (χ3n) is 3.76. The van der Waals surface area contributed by atoms with Gasteiger partial charge in [-0.15, -0.1) is 0 Å². The van der Waals surface area contributed by atoms with E-state index >= 15 is 0 Å². The van der Waals surface area contributed by atoms with E-state index in [9.17, 15) is 0 Å². The van der Waals surface area contributed by atoms with Crippen molar-refractivity contribution in [2.75, 3.05) is 13.7 Å². The second kappa shape index (κ2) is 12.6. The van der Waals surface area contributed by atoms with Gasteiger partial charge in [0, 0.05) is 14.6 Å². The Hall–Kier alpha value is -1.84. The van der Waals surface area contributed by atoms with Gasteiger partial charge in [0.15, 0.2) is 0 Å². The molecule has 1 unspecified atom stereocenters. The van der Waals surface area contributed by atoms with Gasteiger partial charge in [-0.3, -0.25) is 0 Å². The molecule has 3 N–H and O–H groups in total. The van der Waals surface area contributed by atoms with Crippen LogP contribution in [-0.2, 0) is 22.4 Å². The topological polar surface area (TPSA) is 95.9 Å². The Bertz CT molecular complexity index is 788. The average molecular weight is 520 g/mol. The van der Waals surface area contributed by atoms with Gasteiger partial charge in [-0.25, -0.2) is 9.59 Å². The first-order chi connectivity index (χ1) is 13.2. The quantitative estimate of drug-likeness (QED) is 0.380. The molecule has 0 aliphatic carbocycles. The molecule has 0 aliphatic heterocycles. The highest BCUT2D eigenvalue weighted by Gasteiger charge is 2.08. The molecule has 1 atom stereocenters. The van der Waals surface area contributed by atoms with Crippen molar-refractivity contribution >= 4 is 46.1 Å². The number of hydrogen-bond acceptors (Lipinski definition) is 4. The van der Waals surface area contributed by atoms with Crippen molar-refractivity contribution in [1.82, 2.24) is 5.32 Å². The van der Waals surface area contributed by atoms with Crippen molar-refractivity contribution in [3.05, 3.63) is 62.2 Å². The number of aliphatic carboxylic acids is 2. The lowest BCUT2D eigenvalue weighted by Crippen LogP contribution is -2.30. The Morgan fingerprint density at radius 3 is 2.43 bits per heavy atom. The summed E-state index contributed by atoms with van der Waals surface area (Å²) in [5.74, 6) is -2.73. The van der Waals surface area contributed by atoms with Crippen molar-refractivity contribution < 1.29 is 24.5 Å². The number of nitrogens with one attached hydrogen (secondary N) is 1. The Balaban J connectivity index is 0.000000568. The van der Waals surface area contributed by atoms with Crippen LogP contribution in [-0.4, -0.2) is 41.8 Å². The zero-order valence-corrected chi connectivity index (χ0v) is 18.5. The van der Waals surface area contributed by atoms with E-state index in [0.717, 1.165) is 30.2 Å². The van der Waals surface area contributed by atoms with Gasteiger partial charge in [0.05, 0.1) is 7.11 Å². The number of halogens is 2. The number of hydrogen-bond donors (Lipinski definition) is 3. The lowest BCUT2D eigenvalue weighted by Gasteiger charge is -2.15. The minimum Gasteiger partial charge on any atom is -0.497 e. The Morgan fingerprint density at radius 2 is 1.86 bits per heavy atom. The van der Waals surface area contributed by atoms with E-state index in [1.807, 2.05) is 24.3 Å². The largest absolute Gasteiger partial charge is 0.497 e. The van der Waals surface area contributed by atoms with Crippen molar-refractivity contribution in [2.24, 2.45) is 0 Å². The normalized spacial score (nSPS) is 11.1. The number of carboxylic acid groups (broad SMARTS) is 2. The highest BCUT2D eigenvalue weighted by atomic mass is 127. The van der Waals surface area contributed by atoms with Crippen molar-refractivity contribution in [3.8, 4) is 5.75 Å². The molecule has 8 heteroatoms. The minimum absolute atomic E-state index is 0.416. The fourth-order valence-electron chi connectivity index (χ4n) is 2.39. The minimum atomic E-state index is -1.82. The maximum Gasteiger partial charge on any atom is 0.414 e. The predicted octanol–water partition coefficient (Wildman–Crippen LogP) is 3.87. The summed E-state index contributed by atoms with van der Waals surface area (Å²) in [7, 11) is 1.71. The van der Waals surface area contributed by atoms with E-state index in [0.29, 0.717) is 6.04 Å². The third kappa shape index (κ3) is 9.38. The van der Waals surface area contributed by atoms with Crippen LogP contribution >= 0.6 is 34.2 Å². The first-order valence-electron chi connectivity index (χ1n) is 8.49. The molecule has 0 spiro atoms. The first-order valence-corrected chi connectivity index (χ1v) is 9.95. The van der Waals surface area contributed by atoms with E-state index in [-0.39, 0.29) is 0 Å². The van der Waals surface area contributed by atoms with Crippen LogP contribution in [0.3, 0.4) is 0 Å². The number of carboxylic acids is 2. The summed E-state index contributed by atoms with van der Waals surface area (Å²) in [5.41, 5.74) is 2.59. The number of ether oxygens (including phenoxy) is 1. The molecular weight excluding hydrogens is 497 g/mol. The van der Waals surface area contributed by atoms with Crippen LogP contribution in [0.1, 0.15) is 18.1 Å². The molecule has 0 fully saturated rings. The fourth-order valence-corrected chi connectivity index (χ4v) is 3.16. The lowest BCUT2D eigenvalue weighted by atomic mass is 10.1. The molecule has 0 radical (unpaired) electrons. The van der Waals surface area contributed by atoms with Crippen LogP contribution in [0.5, 0.6) is 5.75 Å². The third-order valence-corrected chi connectivity index (χ3v) is 5.04. The molecule has 0 saturated carbocycles. The van der Waals surface area contributed by atoms with E-state index < -0.39 is 11.9 Å². The van der Waals surface area contributed by atoms with Gasteiger partial charge in [-0.05, 0) is 90.4 Å². The Labute approximate surface area is 183 Å². The molecule has 152 valence electrons. The molecule has 0 saturated heterocycles. The number of carbonyl (C=O) groups is 2. The number of methoxy groups -OCH3 is 1. The standard InChI is InChI=1S/C18H21ClINO.C2H2O4/c1-13(10-15-12-17(22-2)6-7-18(15)20)21-9-8-14-4-3-5-16(19)11-14;3-1(4)2(5)6/h3-7,11-13,21H,8-10H2,1-2H3;(H,3,4)(H,5,6). The summed E-state index contributed by atoms with van der Waals surface area (Å²) < 4.78 is 6.58. The molecule has 2 rings (SSSR count). The summed E-state index contributed by atoms with van der Waals surface area (Å²) >= 11 is 8.39. The summed E-state index contributed by atoms with van der Waals surface area (Å²) in [6.07, 6.45) is 1.98. The molecule has 2 aromatic rings. The maximum atomic E-state index is 9.10. The molecule has 2 aromatic carbocycles. The summed E-state index contributed by atoms with van der Waals surface area (Å²) in [6, 6.07) is 14.7. The maximum absolute atomic E-state index is 9.10. The monoisotopic (exact) mass is 519 g/mol. The molecule has 28 heavy (non-hydrogen) atoms. The van der Waals surface area contributed by atoms with Crippen LogP contribution in [0.2, 0.25) is 5.02 Å². The summed E-state index contributed by atoms with van der Waals surface area (Å²) in [4.78, 5) is 18.2. The molecule has 6 nitrogen and oxygen atoms in total. The van der Waals surface area contributed by atoms with Gasteiger partial charge in [-0.2, -0.15) is 0 Å². The Morgan fingerprint density at radius 1 is 1.18 bits per heavy atom. The van der Waals surface area contributed by atoms with Crippen molar-refractivity contribution in [1.29, 1.82) is 0 Å². The van der Waals surface area contributed by atoms with Crippen LogP contribution in [0.15, 0.2) is 42.5 Å². The van der Waals surface area contributed by atoms with Gasteiger partial charge in [0.25, 0.3) is 0 Å². The molecule has 0 bridgehead atoms. The van der Waals surface area contributed by atoms with Gasteiger partial charge in [0.1, 0.15) is 5.75 Å². The number of rotatable bonds is 7. The Kier molecular flexibility index (Phi) is 10.9. The van der Waals surface area contributed by atoms with Crippen molar-refractivity contribution in [3.63, 3.8) is 0 Å². The van der Waals surface area contributed by atoms with E-state index in [1.54, 1.807) is 7.11 Å². The second-order valence-corrected chi connectivity index (χ2v) is 7.61. The van der Waals surface area contributed by atoms with Crippen molar-refractivity contribution in [2.45, 2.75) is 25.8 Å². The SMILES string of the molecule is COc1ccc(I)c(CC(C)NCCc2cccc(Cl)c2)c1.O=C(O)C(=O)O. The predicted molar refractivity (Wildman–Crippen MR) is 117 cm³/mol. The molecule has 0 aliphatic rings. The highest BCUT2D eigenvalue weighted by Crippen LogP contribution is 2.20. The number of benzene rings is 2. The van der Waals surface area contributed by atoms with E-state index in [1.165, 1.54) is 14.7 Å². The molecular formula is C20H23ClINO5. The molecule has 0 aromatic heterocycles. The summed E-state index contributed by atoms with van der Waals surface area (Å²) in [6.45, 7) is 3.16. The highest BCUT2D eigenvalue weighted by molar-refractivity contribution is 14.1. The lowest BCUT2D eigenvalue weighted by molar-refractivity contribution is -0.159.